The highest BCUT2D eigenvalue weighted by atomic mass is 32.3. The Kier molecular flexibility index (Phi) is 3.44. The second-order valence-corrected chi connectivity index (χ2v) is 10.2. The van der Waals surface area contributed by atoms with Crippen LogP contribution in [0.25, 0.3) is 0 Å². The molecule has 3 heterocycles. The molecule has 2 bridgehead atoms. The summed E-state index contributed by atoms with van der Waals surface area (Å²) in [6.07, 6.45) is 1.74. The maximum atomic E-state index is 12.9. The molecule has 0 spiro atoms. The van der Waals surface area contributed by atoms with Crippen molar-refractivity contribution in [3.05, 3.63) is 48.6 Å². The van der Waals surface area contributed by atoms with Gasteiger partial charge in [0.15, 0.2) is 0 Å². The molecule has 4 nitrogen and oxygen atoms in total. The van der Waals surface area contributed by atoms with Crippen molar-refractivity contribution in [2.24, 2.45) is 11.8 Å². The predicted molar refractivity (Wildman–Crippen MR) is 91.8 cm³/mol. The molecule has 0 amide bonds. The summed E-state index contributed by atoms with van der Waals surface area (Å²) in [6.45, 7) is 3.71. The van der Waals surface area contributed by atoms with Crippen molar-refractivity contribution >= 4 is 52.3 Å². The average Bonchev–Trinajstić information content (AvgIpc) is 3.13. The summed E-state index contributed by atoms with van der Waals surface area (Å²) in [6, 6.07) is 9.24. The third-order valence-corrected chi connectivity index (χ3v) is 9.78. The molecule has 118 valence electrons. The largest absolute Gasteiger partial charge is 0.393 e. The van der Waals surface area contributed by atoms with E-state index in [1.165, 1.54) is 23.5 Å². The van der Waals surface area contributed by atoms with Crippen LogP contribution < -0.4 is 0 Å². The molecule has 23 heavy (non-hydrogen) atoms. The maximum Gasteiger partial charge on any atom is 0.320 e. The Bertz CT molecular complexity index is 734. The summed E-state index contributed by atoms with van der Waals surface area (Å²) in [5, 5.41) is -0.0711. The molecule has 0 aromatic heterocycles. The third-order valence-electron chi connectivity index (χ3n) is 4.31. The Labute approximate surface area is 145 Å². The highest BCUT2D eigenvalue weighted by Crippen LogP contribution is 2.78. The Morgan fingerprint density at radius 2 is 1.87 bits per heavy atom. The lowest BCUT2D eigenvalue weighted by Crippen LogP contribution is -2.43. The van der Waals surface area contributed by atoms with Crippen molar-refractivity contribution in [2.75, 3.05) is 5.75 Å². The second kappa shape index (κ2) is 5.16. The lowest BCUT2D eigenvalue weighted by Gasteiger charge is -2.30. The van der Waals surface area contributed by atoms with Crippen molar-refractivity contribution in [3.8, 4) is 0 Å². The number of rotatable bonds is 4. The van der Waals surface area contributed by atoms with Gasteiger partial charge in [-0.15, -0.1) is 30.1 Å². The minimum absolute atomic E-state index is 0.0711. The number of cyclic esters (lactones) is 2. The molecule has 0 aliphatic carbocycles. The van der Waals surface area contributed by atoms with Crippen molar-refractivity contribution in [3.63, 3.8) is 0 Å². The van der Waals surface area contributed by atoms with Crippen LogP contribution in [0.1, 0.15) is 5.56 Å². The van der Waals surface area contributed by atoms with Gasteiger partial charge in [0.1, 0.15) is 20.0 Å². The number of esters is 2. The van der Waals surface area contributed by atoms with Crippen LogP contribution in [0.3, 0.4) is 0 Å². The van der Waals surface area contributed by atoms with E-state index in [1.54, 1.807) is 6.08 Å². The molecule has 3 aliphatic heterocycles. The van der Waals surface area contributed by atoms with Crippen molar-refractivity contribution < 1.29 is 19.1 Å². The number of carbonyl (C=O) groups is 3. The van der Waals surface area contributed by atoms with Crippen LogP contribution in [0, 0.1) is 11.8 Å². The first-order chi connectivity index (χ1) is 11.0. The standard InChI is InChI=1S/C16H12O4S3/c1-2-8-21-16-11-10(12(17)20-13(11)18)15(23-16,14(19)22-16)9-6-4-3-5-7-9/h2-7,10-11H,1,8H2/t10-,11+,15?,16?/m0/s1. The van der Waals surface area contributed by atoms with E-state index < -0.39 is 31.9 Å². The normalized spacial score (nSPS) is 37.8. The molecule has 1 aromatic rings. The molecule has 0 radical (unpaired) electrons. The van der Waals surface area contributed by atoms with Gasteiger partial charge in [-0.05, 0) is 5.56 Å². The molecule has 0 N–H and O–H groups in total. The minimum Gasteiger partial charge on any atom is -0.393 e. The molecule has 2 unspecified atom stereocenters. The summed E-state index contributed by atoms with van der Waals surface area (Å²) in [5.74, 6) is -1.84. The molecule has 0 saturated carbocycles. The van der Waals surface area contributed by atoms with E-state index in [0.29, 0.717) is 5.75 Å². The third kappa shape index (κ3) is 1.87. The Balaban J connectivity index is 1.90. The molecule has 1 aromatic carbocycles. The Morgan fingerprint density at radius 3 is 2.57 bits per heavy atom. The summed E-state index contributed by atoms with van der Waals surface area (Å²) in [5.41, 5.74) is 0.766. The van der Waals surface area contributed by atoms with Gasteiger partial charge in [0.05, 0.1) is 0 Å². The average molecular weight is 364 g/mol. The zero-order chi connectivity index (χ0) is 16.2. The SMILES string of the molecule is C=CCSC12SC(=O)C(c3ccccc3)(S1)[C@@H]1C(=O)OC(=O)[C@@H]12. The van der Waals surface area contributed by atoms with Crippen molar-refractivity contribution in [1.82, 2.24) is 0 Å². The molecule has 7 heteroatoms. The van der Waals surface area contributed by atoms with E-state index >= 15 is 0 Å². The first kappa shape index (κ1) is 15.4. The van der Waals surface area contributed by atoms with Crippen LogP contribution >= 0.6 is 35.3 Å². The maximum absolute atomic E-state index is 12.9. The Hall–Kier alpha value is -1.18. The summed E-state index contributed by atoms with van der Waals surface area (Å²) in [7, 11) is 0. The fourth-order valence-electron chi connectivity index (χ4n) is 3.42. The smallest absolute Gasteiger partial charge is 0.320 e. The van der Waals surface area contributed by atoms with E-state index in [9.17, 15) is 14.4 Å². The zero-order valence-electron chi connectivity index (χ0n) is 11.9. The number of hydrogen-bond donors (Lipinski definition) is 0. The van der Waals surface area contributed by atoms with Crippen LogP contribution in [-0.4, -0.2) is 26.2 Å². The summed E-state index contributed by atoms with van der Waals surface area (Å²) in [4.78, 5) is 37.5. The second-order valence-electron chi connectivity index (χ2n) is 5.49. The zero-order valence-corrected chi connectivity index (χ0v) is 14.3. The van der Waals surface area contributed by atoms with E-state index in [-0.39, 0.29) is 5.12 Å². The summed E-state index contributed by atoms with van der Waals surface area (Å²) >= 11 is 4.09. The van der Waals surface area contributed by atoms with Gasteiger partial charge >= 0.3 is 11.9 Å². The van der Waals surface area contributed by atoms with Gasteiger partial charge in [0.25, 0.3) is 0 Å². The molecular weight excluding hydrogens is 352 g/mol. The monoisotopic (exact) mass is 364 g/mol. The molecular formula is C16H12O4S3. The quantitative estimate of drug-likeness (QED) is 0.462. The summed E-state index contributed by atoms with van der Waals surface area (Å²) < 4.78 is 3.17. The number of thioether (sulfide) groups is 3. The van der Waals surface area contributed by atoms with E-state index in [4.69, 9.17) is 4.74 Å². The van der Waals surface area contributed by atoms with E-state index in [1.807, 2.05) is 30.3 Å². The van der Waals surface area contributed by atoms with E-state index in [0.717, 1.165) is 17.3 Å². The molecule has 3 saturated heterocycles. The van der Waals surface area contributed by atoms with Gasteiger partial charge in [-0.2, -0.15) is 0 Å². The van der Waals surface area contributed by atoms with Crippen LogP contribution in [0.4, 0.5) is 0 Å². The van der Waals surface area contributed by atoms with Crippen LogP contribution in [-0.2, 0) is 23.9 Å². The van der Waals surface area contributed by atoms with E-state index in [2.05, 4.69) is 6.58 Å². The van der Waals surface area contributed by atoms with Crippen molar-refractivity contribution in [2.45, 2.75) is 8.16 Å². The highest BCUT2D eigenvalue weighted by molar-refractivity contribution is 8.42. The van der Waals surface area contributed by atoms with Gasteiger partial charge in [-0.1, -0.05) is 48.2 Å². The van der Waals surface area contributed by atoms with Crippen LogP contribution in [0.15, 0.2) is 43.0 Å². The number of benzene rings is 1. The number of ether oxygens (including phenoxy) is 1. The van der Waals surface area contributed by atoms with Gasteiger partial charge in [-0.3, -0.25) is 14.4 Å². The molecule has 4 rings (SSSR count). The number of hydrogen-bond acceptors (Lipinski definition) is 7. The topological polar surface area (TPSA) is 60.4 Å². The van der Waals surface area contributed by atoms with Crippen LogP contribution in [0.2, 0.25) is 0 Å². The molecule has 3 aliphatic rings. The molecule has 3 fully saturated rings. The first-order valence-corrected chi connectivity index (χ1v) is 9.66. The van der Waals surface area contributed by atoms with Gasteiger partial charge in [0, 0.05) is 5.75 Å². The highest BCUT2D eigenvalue weighted by Gasteiger charge is 2.79. The fourth-order valence-corrected chi connectivity index (χ4v) is 9.24. The van der Waals surface area contributed by atoms with Gasteiger partial charge < -0.3 is 4.74 Å². The molecule has 4 atom stereocenters. The number of carbonyl (C=O) groups excluding carboxylic acids is 3. The van der Waals surface area contributed by atoms with Crippen molar-refractivity contribution in [1.29, 1.82) is 0 Å². The van der Waals surface area contributed by atoms with Gasteiger partial charge in [-0.25, -0.2) is 0 Å². The number of fused-ring (bicyclic) bond motifs is 5. The van der Waals surface area contributed by atoms with Crippen LogP contribution in [0.5, 0.6) is 0 Å². The Morgan fingerprint density at radius 1 is 1.17 bits per heavy atom. The minimum atomic E-state index is -1.03. The fraction of sp³-hybridized carbons (Fsp3) is 0.312. The first-order valence-electron chi connectivity index (χ1n) is 7.05. The lowest BCUT2D eigenvalue weighted by molar-refractivity contribution is -0.154. The predicted octanol–water partition coefficient (Wildman–Crippen LogP) is 2.79. The van der Waals surface area contributed by atoms with Gasteiger partial charge in [0.2, 0.25) is 5.12 Å². The lowest BCUT2D eigenvalue weighted by atomic mass is 9.79.